The zero-order valence-electron chi connectivity index (χ0n) is 19.6. The van der Waals surface area contributed by atoms with E-state index in [1.165, 1.54) is 25.0 Å². The van der Waals surface area contributed by atoms with Crippen molar-refractivity contribution < 1.29 is 9.18 Å². The Bertz CT molecular complexity index is 1220. The Hall–Kier alpha value is -3.52. The van der Waals surface area contributed by atoms with Crippen molar-refractivity contribution in [2.45, 2.75) is 26.7 Å². The van der Waals surface area contributed by atoms with Crippen LogP contribution in [0, 0.1) is 19.7 Å². The van der Waals surface area contributed by atoms with E-state index in [0.29, 0.717) is 47.4 Å². The highest BCUT2D eigenvalue weighted by molar-refractivity contribution is 6.07. The third-order valence-corrected chi connectivity index (χ3v) is 6.53. The van der Waals surface area contributed by atoms with Crippen LogP contribution in [-0.4, -0.2) is 53.6 Å². The zero-order chi connectivity index (χ0) is 23.7. The number of amides is 1. The molecule has 0 spiro atoms. The maximum atomic E-state index is 13.9. The fraction of sp³-hybridized carbons (Fsp3) is 0.346. The molecule has 3 heterocycles. The molecule has 2 aliphatic heterocycles. The lowest BCUT2D eigenvalue weighted by molar-refractivity contribution is 0.0949. The third-order valence-electron chi connectivity index (χ3n) is 6.53. The van der Waals surface area contributed by atoms with Crippen LogP contribution >= 0.6 is 0 Å². The molecular weight excluding hydrogens is 431 g/mol. The fourth-order valence-electron chi connectivity index (χ4n) is 4.73. The highest BCUT2D eigenvalue weighted by Gasteiger charge is 2.31. The van der Waals surface area contributed by atoms with Crippen molar-refractivity contribution in [2.75, 3.05) is 43.1 Å². The van der Waals surface area contributed by atoms with Gasteiger partial charge in [0.1, 0.15) is 11.4 Å². The number of aromatic nitrogens is 2. The van der Waals surface area contributed by atoms with E-state index in [-0.39, 0.29) is 11.7 Å². The van der Waals surface area contributed by atoms with Crippen LogP contribution in [0.4, 0.5) is 21.8 Å². The lowest BCUT2D eigenvalue weighted by Gasteiger charge is -2.32. The Kier molecular flexibility index (Phi) is 6.15. The van der Waals surface area contributed by atoms with Gasteiger partial charge in [-0.3, -0.25) is 4.79 Å². The first-order chi connectivity index (χ1) is 16.5. The van der Waals surface area contributed by atoms with E-state index in [1.807, 2.05) is 43.0 Å². The van der Waals surface area contributed by atoms with Crippen molar-refractivity contribution in [2.24, 2.45) is 0 Å². The van der Waals surface area contributed by atoms with Gasteiger partial charge in [-0.15, -0.1) is 0 Å². The van der Waals surface area contributed by atoms with Gasteiger partial charge in [0.2, 0.25) is 5.95 Å². The van der Waals surface area contributed by atoms with E-state index in [2.05, 4.69) is 15.5 Å². The molecule has 8 heteroatoms. The largest absolute Gasteiger partial charge is 0.353 e. The molecular formula is C26H29FN6O. The monoisotopic (exact) mass is 460 g/mol. The maximum Gasteiger partial charge on any atom is 0.258 e. The number of hydrogen-bond donors (Lipinski definition) is 2. The Morgan fingerprint density at radius 3 is 2.62 bits per heavy atom. The minimum Gasteiger partial charge on any atom is -0.353 e. The lowest BCUT2D eigenvalue weighted by atomic mass is 9.99. The summed E-state index contributed by atoms with van der Waals surface area (Å²) in [5.41, 5.74) is 4.36. The molecule has 3 aromatic rings. The highest BCUT2D eigenvalue weighted by atomic mass is 19.1. The molecule has 0 atom stereocenters. The Morgan fingerprint density at radius 1 is 1.06 bits per heavy atom. The first-order valence-corrected chi connectivity index (χ1v) is 11.8. The number of fused-ring (bicyclic) bond motifs is 1. The van der Waals surface area contributed by atoms with Crippen molar-refractivity contribution in [3.8, 4) is 11.3 Å². The Morgan fingerprint density at radius 2 is 1.85 bits per heavy atom. The summed E-state index contributed by atoms with van der Waals surface area (Å²) in [6, 6.07) is 12.6. The number of hydrogen-bond acceptors (Lipinski definition) is 6. The van der Waals surface area contributed by atoms with Crippen LogP contribution in [0.2, 0.25) is 0 Å². The standard InChI is InChI=1S/C26H29FN6O/c1-17-7-3-4-8-21(17)33-16-29-25(34)22-23(20-10-9-19(27)15-18(20)2)30-26(31-24(22)33)28-11-14-32-12-5-6-13-32/h3-4,7-10,15H,5-6,11-14,16H2,1-2H3,(H,29,34)(H,28,30,31). The van der Waals surface area contributed by atoms with Gasteiger partial charge in [-0.05, 0) is 75.2 Å². The molecule has 176 valence electrons. The van der Waals surface area contributed by atoms with E-state index < -0.39 is 0 Å². The molecule has 5 rings (SSSR count). The summed E-state index contributed by atoms with van der Waals surface area (Å²) in [5, 5.41) is 6.33. The number of carbonyl (C=O) groups excluding carboxylic acids is 1. The molecule has 0 radical (unpaired) electrons. The topological polar surface area (TPSA) is 73.4 Å². The van der Waals surface area contributed by atoms with Gasteiger partial charge in [0.15, 0.2) is 5.82 Å². The third kappa shape index (κ3) is 4.33. The van der Waals surface area contributed by atoms with Crippen LogP contribution < -0.4 is 15.5 Å². The minimum absolute atomic E-state index is 0.234. The molecule has 2 aromatic carbocycles. The number of aryl methyl sites for hydroxylation is 2. The number of para-hydroxylation sites is 1. The van der Waals surface area contributed by atoms with E-state index in [4.69, 9.17) is 9.97 Å². The summed E-state index contributed by atoms with van der Waals surface area (Å²) in [6.07, 6.45) is 2.48. The molecule has 1 saturated heterocycles. The van der Waals surface area contributed by atoms with Gasteiger partial charge in [-0.25, -0.2) is 9.37 Å². The molecule has 34 heavy (non-hydrogen) atoms. The van der Waals surface area contributed by atoms with E-state index in [1.54, 1.807) is 6.07 Å². The van der Waals surface area contributed by atoms with Crippen LogP contribution in [-0.2, 0) is 0 Å². The number of likely N-dealkylation sites (tertiary alicyclic amines) is 1. The highest BCUT2D eigenvalue weighted by Crippen LogP contribution is 2.37. The Labute approximate surface area is 199 Å². The smallest absolute Gasteiger partial charge is 0.258 e. The van der Waals surface area contributed by atoms with Crippen LogP contribution in [0.1, 0.15) is 34.3 Å². The molecule has 0 saturated carbocycles. The van der Waals surface area contributed by atoms with Crippen molar-refractivity contribution in [3.63, 3.8) is 0 Å². The molecule has 1 fully saturated rings. The normalized spacial score (nSPS) is 15.9. The number of anilines is 3. The van der Waals surface area contributed by atoms with E-state index in [9.17, 15) is 9.18 Å². The zero-order valence-corrected chi connectivity index (χ0v) is 19.6. The van der Waals surface area contributed by atoms with Crippen molar-refractivity contribution in [1.82, 2.24) is 20.2 Å². The molecule has 0 bridgehead atoms. The van der Waals surface area contributed by atoms with Gasteiger partial charge in [-0.2, -0.15) is 4.98 Å². The summed E-state index contributed by atoms with van der Waals surface area (Å²) in [4.78, 5) is 27.1. The molecule has 0 unspecified atom stereocenters. The second kappa shape index (κ2) is 9.38. The van der Waals surface area contributed by atoms with Gasteiger partial charge in [0, 0.05) is 24.3 Å². The van der Waals surface area contributed by atoms with Crippen molar-refractivity contribution in [1.29, 1.82) is 0 Å². The van der Waals surface area contributed by atoms with E-state index >= 15 is 0 Å². The molecule has 2 aliphatic rings. The van der Waals surface area contributed by atoms with Crippen LogP contribution in [0.25, 0.3) is 11.3 Å². The molecule has 0 aliphatic carbocycles. The maximum absolute atomic E-state index is 13.9. The number of carbonyl (C=O) groups is 1. The molecule has 1 aromatic heterocycles. The van der Waals surface area contributed by atoms with E-state index in [0.717, 1.165) is 30.9 Å². The number of nitrogens with one attached hydrogen (secondary N) is 2. The summed E-state index contributed by atoms with van der Waals surface area (Å²) in [6.45, 7) is 8.02. The number of halogens is 1. The number of benzene rings is 2. The summed E-state index contributed by atoms with van der Waals surface area (Å²) in [5.74, 6) is 0.460. The van der Waals surface area contributed by atoms with Gasteiger partial charge in [0.25, 0.3) is 5.91 Å². The van der Waals surface area contributed by atoms with Gasteiger partial charge >= 0.3 is 0 Å². The molecule has 2 N–H and O–H groups in total. The second-order valence-electron chi connectivity index (χ2n) is 8.91. The van der Waals surface area contributed by atoms with Crippen molar-refractivity contribution >= 4 is 23.4 Å². The first-order valence-electron chi connectivity index (χ1n) is 11.8. The average molecular weight is 461 g/mol. The first kappa shape index (κ1) is 22.3. The molecule has 1 amide bonds. The van der Waals surface area contributed by atoms with Crippen LogP contribution in [0.3, 0.4) is 0 Å². The fourth-order valence-corrected chi connectivity index (χ4v) is 4.73. The Balaban J connectivity index is 1.60. The summed E-state index contributed by atoms with van der Waals surface area (Å²) < 4.78 is 13.9. The predicted octanol–water partition coefficient (Wildman–Crippen LogP) is 4.25. The minimum atomic E-state index is -0.320. The van der Waals surface area contributed by atoms with Gasteiger partial charge < -0.3 is 20.4 Å². The SMILES string of the molecule is Cc1cc(F)ccc1-c1nc(NCCN2CCCC2)nc2c1C(=O)NCN2c1ccccc1C. The number of nitrogens with zero attached hydrogens (tertiary/aromatic N) is 4. The van der Waals surface area contributed by atoms with Crippen LogP contribution in [0.5, 0.6) is 0 Å². The second-order valence-corrected chi connectivity index (χ2v) is 8.91. The summed E-state index contributed by atoms with van der Waals surface area (Å²) >= 11 is 0. The van der Waals surface area contributed by atoms with Gasteiger partial charge in [-0.1, -0.05) is 18.2 Å². The number of rotatable bonds is 6. The summed E-state index contributed by atoms with van der Waals surface area (Å²) in [7, 11) is 0. The average Bonchev–Trinajstić information content (AvgIpc) is 3.33. The van der Waals surface area contributed by atoms with Crippen molar-refractivity contribution in [3.05, 3.63) is 65.0 Å². The lowest BCUT2D eigenvalue weighted by Crippen LogP contribution is -2.42. The molecule has 7 nitrogen and oxygen atoms in total. The quantitative estimate of drug-likeness (QED) is 0.573. The van der Waals surface area contributed by atoms with Crippen LogP contribution in [0.15, 0.2) is 42.5 Å². The van der Waals surface area contributed by atoms with Gasteiger partial charge in [0.05, 0.1) is 12.4 Å². The predicted molar refractivity (Wildman–Crippen MR) is 132 cm³/mol.